The van der Waals surface area contributed by atoms with Crippen molar-refractivity contribution < 1.29 is 24.5 Å². The maximum absolute atomic E-state index is 13.3. The van der Waals surface area contributed by atoms with E-state index in [4.69, 9.17) is 27.9 Å². The maximum Gasteiger partial charge on any atom is 0.407 e. The van der Waals surface area contributed by atoms with Crippen molar-refractivity contribution >= 4 is 35.2 Å². The van der Waals surface area contributed by atoms with Gasteiger partial charge in [0.05, 0.1) is 18.2 Å². The molecule has 11 atom stereocenters. The number of carbonyl (C=O) groups is 2. The van der Waals surface area contributed by atoms with Gasteiger partial charge in [0.2, 0.25) is 5.91 Å². The van der Waals surface area contributed by atoms with Crippen LogP contribution in [0.1, 0.15) is 97.0 Å². The van der Waals surface area contributed by atoms with Gasteiger partial charge >= 0.3 is 6.09 Å². The first-order chi connectivity index (χ1) is 21.4. The zero-order valence-electron chi connectivity index (χ0n) is 27.2. The Labute approximate surface area is 278 Å². The fraction of sp³-hybridized carbons (Fsp3) is 0.778. The summed E-state index contributed by atoms with van der Waals surface area (Å²) in [6.45, 7) is 8.52. The highest BCUT2D eigenvalue weighted by atomic mass is 35.5. The number of hydrogen-bond acceptors (Lipinski definition) is 5. The lowest BCUT2D eigenvalue weighted by Crippen LogP contribution is -2.58. The molecule has 0 bridgehead atoms. The predicted octanol–water partition coefficient (Wildman–Crippen LogP) is 7.23. The summed E-state index contributed by atoms with van der Waals surface area (Å²) in [5.41, 5.74) is 1.17. The number of rotatable bonds is 7. The molecule has 3 N–H and O–H groups in total. The number of nitrogens with one attached hydrogen (secondary N) is 1. The van der Waals surface area contributed by atoms with Gasteiger partial charge in [-0.25, -0.2) is 4.79 Å². The molecule has 1 aromatic carbocycles. The van der Waals surface area contributed by atoms with Gasteiger partial charge in [0.15, 0.2) is 0 Å². The van der Waals surface area contributed by atoms with Crippen molar-refractivity contribution in [2.24, 2.45) is 46.3 Å². The van der Waals surface area contributed by atoms with Gasteiger partial charge in [-0.3, -0.25) is 4.79 Å². The van der Waals surface area contributed by atoms with Crippen LogP contribution in [0.3, 0.4) is 0 Å². The maximum atomic E-state index is 13.3. The summed E-state index contributed by atoms with van der Waals surface area (Å²) in [4.78, 5) is 27.6. The Hall–Kier alpha value is -1.54. The van der Waals surface area contributed by atoms with Gasteiger partial charge in [-0.2, -0.15) is 0 Å². The van der Waals surface area contributed by atoms with Crippen molar-refractivity contribution in [2.45, 2.75) is 116 Å². The molecule has 45 heavy (non-hydrogen) atoms. The Bertz CT molecular complexity index is 1240. The van der Waals surface area contributed by atoms with Crippen LogP contribution in [0.2, 0.25) is 10.0 Å². The number of benzene rings is 1. The van der Waals surface area contributed by atoms with Crippen LogP contribution in [0.5, 0.6) is 0 Å². The fourth-order valence-electron chi connectivity index (χ4n) is 11.0. The zero-order valence-corrected chi connectivity index (χ0v) is 28.7. The Morgan fingerprint density at radius 2 is 1.71 bits per heavy atom. The summed E-state index contributed by atoms with van der Waals surface area (Å²) in [6.07, 6.45) is 9.58. The topological polar surface area (TPSA) is 99.1 Å². The van der Waals surface area contributed by atoms with E-state index in [1.807, 2.05) is 4.90 Å². The third kappa shape index (κ3) is 6.62. The molecule has 4 aliphatic carbocycles. The van der Waals surface area contributed by atoms with Crippen LogP contribution < -0.4 is 5.32 Å². The van der Waals surface area contributed by atoms with Gasteiger partial charge in [0.1, 0.15) is 6.61 Å². The van der Waals surface area contributed by atoms with Crippen LogP contribution >= 0.6 is 23.2 Å². The molecule has 0 spiro atoms. The van der Waals surface area contributed by atoms with Crippen molar-refractivity contribution in [1.82, 2.24) is 10.2 Å². The first kappa shape index (κ1) is 33.4. The molecular weight excluding hydrogens is 611 g/mol. The number of ether oxygens (including phenoxy) is 1. The quantitative estimate of drug-likeness (QED) is 0.286. The number of carbonyl (C=O) groups excluding carboxylic acids is 2. The van der Waals surface area contributed by atoms with Crippen molar-refractivity contribution in [3.63, 3.8) is 0 Å². The molecule has 5 fully saturated rings. The lowest BCUT2D eigenvalue weighted by Gasteiger charge is -2.62. The SMILES string of the molecule is C[C@H](CCC(=O)N1CC[C@H](NC(=O)OCc2cc(Cl)cc(Cl)c2)C1)[C@H]1CC[C@H]2[C@@H]3[C@@H](O)C[C@@H]4C[C@H](O)CC[C@]4(C)[C@H]3CC[C@]12C. The second kappa shape index (κ2) is 13.2. The Balaban J connectivity index is 0.980. The smallest absolute Gasteiger partial charge is 0.407 e. The molecule has 5 aliphatic rings. The third-order valence-corrected chi connectivity index (χ3v) is 13.8. The van der Waals surface area contributed by atoms with Gasteiger partial charge in [0.25, 0.3) is 0 Å². The minimum absolute atomic E-state index is 0.0741. The highest BCUT2D eigenvalue weighted by Crippen LogP contribution is 2.68. The number of aliphatic hydroxyl groups excluding tert-OH is 2. The van der Waals surface area contributed by atoms with Crippen LogP contribution in [-0.2, 0) is 16.1 Å². The van der Waals surface area contributed by atoms with Crippen molar-refractivity contribution in [3.05, 3.63) is 33.8 Å². The largest absolute Gasteiger partial charge is 0.445 e. The zero-order chi connectivity index (χ0) is 32.1. The number of aliphatic hydroxyl groups is 2. The Morgan fingerprint density at radius 3 is 2.47 bits per heavy atom. The van der Waals surface area contributed by atoms with Gasteiger partial charge in [-0.1, -0.05) is 44.0 Å². The third-order valence-electron chi connectivity index (χ3n) is 13.4. The summed E-state index contributed by atoms with van der Waals surface area (Å²) < 4.78 is 5.36. The van der Waals surface area contributed by atoms with Crippen molar-refractivity contribution in [2.75, 3.05) is 13.1 Å². The van der Waals surface area contributed by atoms with Crippen LogP contribution in [-0.4, -0.2) is 58.5 Å². The number of alkyl carbamates (subject to hydrolysis) is 1. The van der Waals surface area contributed by atoms with Gasteiger partial charge in [0, 0.05) is 29.6 Å². The molecule has 2 amide bonds. The highest BCUT2D eigenvalue weighted by molar-refractivity contribution is 6.34. The van der Waals surface area contributed by atoms with Gasteiger partial charge in [-0.05, 0) is 134 Å². The minimum atomic E-state index is -0.508. The summed E-state index contributed by atoms with van der Waals surface area (Å²) in [5.74, 6) is 3.07. The van der Waals surface area contributed by atoms with Crippen LogP contribution in [0, 0.1) is 46.3 Å². The van der Waals surface area contributed by atoms with E-state index in [2.05, 4.69) is 26.1 Å². The number of likely N-dealkylation sites (tertiary alicyclic amines) is 1. The first-order valence-corrected chi connectivity index (χ1v) is 18.1. The molecule has 0 aromatic heterocycles. The van der Waals surface area contributed by atoms with E-state index in [-0.39, 0.29) is 41.6 Å². The first-order valence-electron chi connectivity index (χ1n) is 17.4. The average molecular weight is 664 g/mol. The van der Waals surface area contributed by atoms with E-state index >= 15 is 0 Å². The summed E-state index contributed by atoms with van der Waals surface area (Å²) in [5, 5.41) is 25.8. The van der Waals surface area contributed by atoms with E-state index in [1.54, 1.807) is 18.2 Å². The molecular formula is C36H52Cl2N2O5. The van der Waals surface area contributed by atoms with Crippen molar-refractivity contribution in [1.29, 1.82) is 0 Å². The minimum Gasteiger partial charge on any atom is -0.445 e. The van der Waals surface area contributed by atoms with E-state index in [0.717, 1.165) is 37.7 Å². The van der Waals surface area contributed by atoms with E-state index in [9.17, 15) is 19.8 Å². The summed E-state index contributed by atoms with van der Waals surface area (Å²) >= 11 is 12.1. The summed E-state index contributed by atoms with van der Waals surface area (Å²) in [6, 6.07) is 4.94. The average Bonchev–Trinajstić information content (AvgIpc) is 3.59. The van der Waals surface area contributed by atoms with Crippen LogP contribution in [0.15, 0.2) is 18.2 Å². The van der Waals surface area contributed by atoms with Crippen LogP contribution in [0.4, 0.5) is 4.79 Å². The van der Waals surface area contributed by atoms with E-state index < -0.39 is 6.09 Å². The molecule has 7 nitrogen and oxygen atoms in total. The second-order valence-corrected chi connectivity index (χ2v) is 16.7. The second-order valence-electron chi connectivity index (χ2n) is 15.8. The molecule has 1 heterocycles. The molecule has 1 saturated heterocycles. The highest BCUT2D eigenvalue weighted by Gasteiger charge is 2.62. The molecule has 250 valence electrons. The lowest BCUT2D eigenvalue weighted by molar-refractivity contribution is -0.174. The van der Waals surface area contributed by atoms with Gasteiger partial charge < -0.3 is 25.2 Å². The van der Waals surface area contributed by atoms with E-state index in [0.29, 0.717) is 71.5 Å². The number of fused-ring (bicyclic) bond motifs is 5. The number of halogens is 2. The van der Waals surface area contributed by atoms with Crippen molar-refractivity contribution in [3.8, 4) is 0 Å². The standard InChI is InChI=1S/C36H52Cl2N2O5/c1-21(4-7-32(43)40-13-10-26(19-40)39-34(44)45-20-22-14-24(37)18-25(38)15-22)28-5-6-29-33-30(9-12-36(28,29)3)35(2)11-8-27(41)16-23(35)17-31(33)42/h14-15,18,21,23,26-31,33,41-42H,4-13,16-17,19-20H2,1-3H3,(H,39,44)/t21-,23+,26+,27-,28-,29+,30+,31+,33+,35+,36-/m1/s1. The molecule has 9 heteroatoms. The Kier molecular flexibility index (Phi) is 9.76. The van der Waals surface area contributed by atoms with E-state index in [1.165, 1.54) is 25.7 Å². The number of amides is 2. The predicted molar refractivity (Wildman–Crippen MR) is 176 cm³/mol. The molecule has 1 aliphatic heterocycles. The normalized spacial score (nSPS) is 39.8. The molecule has 0 unspecified atom stereocenters. The van der Waals surface area contributed by atoms with Crippen LogP contribution in [0.25, 0.3) is 0 Å². The fourth-order valence-corrected chi connectivity index (χ4v) is 11.6. The number of hydrogen-bond donors (Lipinski definition) is 3. The summed E-state index contributed by atoms with van der Waals surface area (Å²) in [7, 11) is 0. The Morgan fingerprint density at radius 1 is 1.00 bits per heavy atom. The van der Waals surface area contributed by atoms with Gasteiger partial charge in [-0.15, -0.1) is 0 Å². The molecule has 1 aromatic rings. The molecule has 6 rings (SSSR count). The molecule has 0 radical (unpaired) electrons. The monoisotopic (exact) mass is 662 g/mol. The number of nitrogens with zero attached hydrogens (tertiary/aromatic N) is 1. The molecule has 4 saturated carbocycles. The lowest BCUT2D eigenvalue weighted by atomic mass is 9.43.